The van der Waals surface area contributed by atoms with Gasteiger partial charge in [-0.3, -0.25) is 0 Å². The third-order valence-corrected chi connectivity index (χ3v) is 5.25. The SMILES string of the molecule is CC1CN(c2c(CO)nc3c(-c4nccs4)noc3c2Cl)CC(C)O1. The molecule has 7 nitrogen and oxygen atoms in total. The lowest BCUT2D eigenvalue weighted by Crippen LogP contribution is -2.46. The molecule has 1 saturated heterocycles. The number of hydrogen-bond donors (Lipinski definition) is 1. The highest BCUT2D eigenvalue weighted by molar-refractivity contribution is 7.13. The summed E-state index contributed by atoms with van der Waals surface area (Å²) in [7, 11) is 0. The molecule has 0 saturated carbocycles. The van der Waals surface area contributed by atoms with Crippen LogP contribution in [0.2, 0.25) is 5.02 Å². The number of hydrogen-bond acceptors (Lipinski definition) is 8. The molecule has 2 unspecified atom stereocenters. The summed E-state index contributed by atoms with van der Waals surface area (Å²) in [5, 5.41) is 16.9. The number of halogens is 1. The van der Waals surface area contributed by atoms with Crippen molar-refractivity contribution in [1.29, 1.82) is 0 Å². The summed E-state index contributed by atoms with van der Waals surface area (Å²) in [6, 6.07) is 0. The second-order valence-electron chi connectivity index (χ2n) is 6.09. The maximum atomic E-state index is 9.88. The second-order valence-corrected chi connectivity index (χ2v) is 7.36. The van der Waals surface area contributed by atoms with Crippen LogP contribution in [0.25, 0.3) is 21.8 Å². The summed E-state index contributed by atoms with van der Waals surface area (Å²) in [5.74, 6) is 0. The Hall–Kier alpha value is -1.74. The largest absolute Gasteiger partial charge is 0.390 e. The predicted molar refractivity (Wildman–Crippen MR) is 96.1 cm³/mol. The minimum atomic E-state index is -0.229. The van der Waals surface area contributed by atoms with Crippen LogP contribution in [-0.2, 0) is 11.3 Å². The fourth-order valence-corrected chi connectivity index (χ4v) is 4.20. The topological polar surface area (TPSA) is 84.5 Å². The van der Waals surface area contributed by atoms with E-state index in [-0.39, 0.29) is 18.8 Å². The monoisotopic (exact) mass is 380 g/mol. The number of nitrogens with zero attached hydrogens (tertiary/aromatic N) is 4. The van der Waals surface area contributed by atoms with Crippen molar-refractivity contribution in [2.24, 2.45) is 0 Å². The van der Waals surface area contributed by atoms with Gasteiger partial charge in [-0.1, -0.05) is 16.8 Å². The molecular weight excluding hydrogens is 364 g/mol. The zero-order valence-electron chi connectivity index (χ0n) is 13.8. The summed E-state index contributed by atoms with van der Waals surface area (Å²) in [4.78, 5) is 10.9. The van der Waals surface area contributed by atoms with Crippen molar-refractivity contribution < 1.29 is 14.4 Å². The molecule has 0 aliphatic carbocycles. The number of aromatic nitrogens is 3. The Balaban J connectivity index is 1.87. The number of aliphatic hydroxyl groups is 1. The molecule has 3 aromatic rings. The maximum Gasteiger partial charge on any atom is 0.206 e. The van der Waals surface area contributed by atoms with Gasteiger partial charge in [0.15, 0.2) is 5.69 Å². The molecule has 1 fully saturated rings. The maximum absolute atomic E-state index is 9.88. The van der Waals surface area contributed by atoms with Crippen LogP contribution in [0, 0.1) is 0 Å². The molecule has 0 spiro atoms. The van der Waals surface area contributed by atoms with Gasteiger partial charge in [0, 0.05) is 24.7 Å². The molecule has 25 heavy (non-hydrogen) atoms. The zero-order valence-corrected chi connectivity index (χ0v) is 15.3. The third-order valence-electron chi connectivity index (χ3n) is 4.12. The van der Waals surface area contributed by atoms with E-state index in [4.69, 9.17) is 20.9 Å². The predicted octanol–water partition coefficient (Wildman–Crippen LogP) is 3.11. The number of thiazole rings is 1. The van der Waals surface area contributed by atoms with Crippen molar-refractivity contribution in [2.75, 3.05) is 18.0 Å². The van der Waals surface area contributed by atoms with Gasteiger partial charge in [0.25, 0.3) is 0 Å². The van der Waals surface area contributed by atoms with E-state index in [1.165, 1.54) is 11.3 Å². The summed E-state index contributed by atoms with van der Waals surface area (Å²) in [5.41, 5.74) is 2.64. The van der Waals surface area contributed by atoms with Crippen LogP contribution in [0.4, 0.5) is 5.69 Å². The minimum Gasteiger partial charge on any atom is -0.390 e. The number of morpholine rings is 1. The first-order chi connectivity index (χ1) is 12.1. The van der Waals surface area contributed by atoms with Gasteiger partial charge < -0.3 is 19.3 Å². The molecule has 0 bridgehead atoms. The molecule has 0 aromatic carbocycles. The Bertz CT molecular complexity index is 889. The molecule has 2 atom stereocenters. The lowest BCUT2D eigenvalue weighted by Gasteiger charge is -2.37. The first kappa shape index (κ1) is 16.7. The highest BCUT2D eigenvalue weighted by Gasteiger charge is 2.29. The van der Waals surface area contributed by atoms with Crippen LogP contribution < -0.4 is 4.90 Å². The average molecular weight is 381 g/mol. The van der Waals surface area contributed by atoms with E-state index in [1.54, 1.807) is 6.20 Å². The number of anilines is 1. The van der Waals surface area contributed by atoms with E-state index in [1.807, 2.05) is 19.2 Å². The molecule has 1 N–H and O–H groups in total. The smallest absolute Gasteiger partial charge is 0.206 e. The van der Waals surface area contributed by atoms with E-state index in [9.17, 15) is 5.11 Å². The molecular formula is C16H17ClN4O3S. The molecule has 0 amide bonds. The summed E-state index contributed by atoms with van der Waals surface area (Å²) in [6.45, 7) is 5.12. The number of aliphatic hydroxyl groups excluding tert-OH is 1. The van der Waals surface area contributed by atoms with Crippen molar-refractivity contribution in [2.45, 2.75) is 32.7 Å². The van der Waals surface area contributed by atoms with Crippen LogP contribution in [0.3, 0.4) is 0 Å². The molecule has 3 aromatic heterocycles. The highest BCUT2D eigenvalue weighted by Crippen LogP contribution is 2.40. The summed E-state index contributed by atoms with van der Waals surface area (Å²) < 4.78 is 11.3. The molecule has 4 rings (SSSR count). The van der Waals surface area contributed by atoms with Crippen molar-refractivity contribution >= 4 is 39.7 Å². The molecule has 132 valence electrons. The van der Waals surface area contributed by atoms with Crippen molar-refractivity contribution in [3.05, 3.63) is 22.3 Å². The molecule has 1 aliphatic heterocycles. The normalized spacial score (nSPS) is 21.2. The number of pyridine rings is 1. The minimum absolute atomic E-state index is 0.0580. The van der Waals surface area contributed by atoms with Crippen molar-refractivity contribution in [1.82, 2.24) is 15.1 Å². The zero-order chi connectivity index (χ0) is 17.6. The lowest BCUT2D eigenvalue weighted by molar-refractivity contribution is -0.00533. The Kier molecular flexibility index (Phi) is 4.36. The van der Waals surface area contributed by atoms with E-state index in [0.29, 0.717) is 51.3 Å². The standard InChI is InChI=1S/C16H17ClN4O3S/c1-8-5-21(6-9(2)23-8)14-10(7-22)19-12-13(16-18-3-4-25-16)20-24-15(12)11(14)17/h3-4,8-9,22H,5-7H2,1-2H3. The molecule has 4 heterocycles. The lowest BCUT2D eigenvalue weighted by atomic mass is 10.1. The molecule has 0 radical (unpaired) electrons. The van der Waals surface area contributed by atoms with Gasteiger partial charge in [0.05, 0.1) is 30.2 Å². The van der Waals surface area contributed by atoms with Crippen molar-refractivity contribution in [3.63, 3.8) is 0 Å². The fourth-order valence-electron chi connectivity index (χ4n) is 3.23. The van der Waals surface area contributed by atoms with E-state index < -0.39 is 0 Å². The van der Waals surface area contributed by atoms with Gasteiger partial charge in [0.1, 0.15) is 15.5 Å². The van der Waals surface area contributed by atoms with Crippen LogP contribution in [0.1, 0.15) is 19.5 Å². The Morgan fingerprint density at radius 1 is 1.36 bits per heavy atom. The number of fused-ring (bicyclic) bond motifs is 1. The number of rotatable bonds is 3. The van der Waals surface area contributed by atoms with Crippen LogP contribution in [0.15, 0.2) is 16.1 Å². The summed E-state index contributed by atoms with van der Waals surface area (Å²) in [6.07, 6.45) is 1.81. The van der Waals surface area contributed by atoms with E-state index in [2.05, 4.69) is 20.0 Å². The highest BCUT2D eigenvalue weighted by atomic mass is 35.5. The Labute approximate surface area is 153 Å². The van der Waals surface area contributed by atoms with Crippen LogP contribution in [0.5, 0.6) is 0 Å². The van der Waals surface area contributed by atoms with Gasteiger partial charge in [-0.15, -0.1) is 11.3 Å². The second kappa shape index (κ2) is 6.53. The quantitative estimate of drug-likeness (QED) is 0.747. The van der Waals surface area contributed by atoms with E-state index in [0.717, 1.165) is 0 Å². The van der Waals surface area contributed by atoms with Gasteiger partial charge in [0.2, 0.25) is 5.58 Å². The van der Waals surface area contributed by atoms with Gasteiger partial charge >= 0.3 is 0 Å². The van der Waals surface area contributed by atoms with E-state index >= 15 is 0 Å². The average Bonchev–Trinajstić information content (AvgIpc) is 3.22. The van der Waals surface area contributed by atoms with Crippen molar-refractivity contribution in [3.8, 4) is 10.7 Å². The summed E-state index contributed by atoms with van der Waals surface area (Å²) >= 11 is 8.09. The first-order valence-electron chi connectivity index (χ1n) is 7.97. The fraction of sp³-hybridized carbons (Fsp3) is 0.438. The van der Waals surface area contributed by atoms with Crippen LogP contribution in [-0.4, -0.2) is 45.5 Å². The van der Waals surface area contributed by atoms with Gasteiger partial charge in [-0.05, 0) is 13.8 Å². The van der Waals surface area contributed by atoms with Crippen LogP contribution >= 0.6 is 22.9 Å². The molecule has 9 heteroatoms. The number of ether oxygens (including phenoxy) is 1. The first-order valence-corrected chi connectivity index (χ1v) is 9.23. The van der Waals surface area contributed by atoms with Gasteiger partial charge in [-0.25, -0.2) is 9.97 Å². The third kappa shape index (κ3) is 2.89. The van der Waals surface area contributed by atoms with Gasteiger partial charge in [-0.2, -0.15) is 0 Å². The molecule has 1 aliphatic rings. The Morgan fingerprint density at radius 3 is 2.76 bits per heavy atom. The Morgan fingerprint density at radius 2 is 2.12 bits per heavy atom.